The fourth-order valence-corrected chi connectivity index (χ4v) is 3.10. The van der Waals surface area contributed by atoms with Crippen molar-refractivity contribution in [3.8, 4) is 5.88 Å². The quantitative estimate of drug-likeness (QED) is 0.798. The lowest BCUT2D eigenvalue weighted by Crippen LogP contribution is -2.39. The Morgan fingerprint density at radius 2 is 1.88 bits per heavy atom. The Morgan fingerprint density at radius 1 is 1.23 bits per heavy atom. The number of amides is 1. The van der Waals surface area contributed by atoms with Crippen LogP contribution in [-0.4, -0.2) is 36.7 Å². The summed E-state index contributed by atoms with van der Waals surface area (Å²) in [5, 5.41) is 15.8. The van der Waals surface area contributed by atoms with E-state index >= 15 is 0 Å². The molecule has 0 fully saturated rings. The predicted molar refractivity (Wildman–Crippen MR) is 96.5 cm³/mol. The number of hydrazone groups is 1. The van der Waals surface area contributed by atoms with Crippen molar-refractivity contribution in [1.82, 2.24) is 14.1 Å². The van der Waals surface area contributed by atoms with Gasteiger partial charge in [-0.1, -0.05) is 30.3 Å². The van der Waals surface area contributed by atoms with Crippen molar-refractivity contribution < 1.29 is 9.90 Å². The lowest BCUT2D eigenvalue weighted by molar-refractivity contribution is -0.130. The maximum absolute atomic E-state index is 12.5. The third kappa shape index (κ3) is 2.82. The molecule has 0 saturated heterocycles. The summed E-state index contributed by atoms with van der Waals surface area (Å²) in [4.78, 5) is 36.7. The van der Waals surface area contributed by atoms with Crippen molar-refractivity contribution in [3.05, 3.63) is 62.3 Å². The van der Waals surface area contributed by atoms with Crippen molar-refractivity contribution in [1.29, 1.82) is 0 Å². The lowest BCUT2D eigenvalue weighted by atomic mass is 9.99. The van der Waals surface area contributed by atoms with Gasteiger partial charge in [0.05, 0.1) is 11.8 Å². The largest absolute Gasteiger partial charge is 0.494 e. The second kappa shape index (κ2) is 6.80. The highest BCUT2D eigenvalue weighted by Crippen LogP contribution is 2.33. The number of alkyl halides is 1. The molecule has 0 spiro atoms. The highest BCUT2D eigenvalue weighted by atomic mass is 35.5. The number of benzene rings is 1. The molecule has 0 saturated carbocycles. The van der Waals surface area contributed by atoms with Gasteiger partial charge in [0.2, 0.25) is 5.88 Å². The zero-order chi connectivity index (χ0) is 19.0. The van der Waals surface area contributed by atoms with Crippen LogP contribution in [0.1, 0.15) is 23.6 Å². The van der Waals surface area contributed by atoms with Gasteiger partial charge in [0.15, 0.2) is 0 Å². The van der Waals surface area contributed by atoms with Crippen LogP contribution < -0.4 is 11.2 Å². The van der Waals surface area contributed by atoms with Crippen LogP contribution in [0.3, 0.4) is 0 Å². The van der Waals surface area contributed by atoms with Gasteiger partial charge in [-0.15, -0.1) is 11.6 Å². The Balaban J connectivity index is 2.15. The molecule has 0 radical (unpaired) electrons. The van der Waals surface area contributed by atoms with E-state index in [-0.39, 0.29) is 23.6 Å². The van der Waals surface area contributed by atoms with E-state index in [1.807, 2.05) is 30.3 Å². The van der Waals surface area contributed by atoms with Gasteiger partial charge in [0.25, 0.3) is 11.5 Å². The summed E-state index contributed by atoms with van der Waals surface area (Å²) in [7, 11) is 2.67. The molecule has 1 atom stereocenters. The molecule has 1 aliphatic rings. The van der Waals surface area contributed by atoms with E-state index in [1.54, 1.807) is 0 Å². The van der Waals surface area contributed by atoms with Gasteiger partial charge >= 0.3 is 5.69 Å². The number of hydrogen-bond acceptors (Lipinski definition) is 5. The summed E-state index contributed by atoms with van der Waals surface area (Å²) in [6, 6.07) is 8.76. The van der Waals surface area contributed by atoms with E-state index < -0.39 is 29.1 Å². The number of hydrogen-bond donors (Lipinski definition) is 1. The standard InChI is InChI=1S/C17H17ClN4O4/c1-20-15(24)14(16(25)21(2)17(20)26)11-8-12(10-6-4-3-5-7-10)22(19-11)13(23)9-18/h3-7,12,24H,8-9H2,1-2H3/t12-/m1/s1. The number of rotatable bonds is 3. The molecule has 1 aliphatic heterocycles. The van der Waals surface area contributed by atoms with E-state index in [0.717, 1.165) is 14.7 Å². The summed E-state index contributed by atoms with van der Waals surface area (Å²) in [5.41, 5.74) is -0.364. The second-order valence-corrected chi connectivity index (χ2v) is 6.22. The monoisotopic (exact) mass is 376 g/mol. The summed E-state index contributed by atoms with van der Waals surface area (Å²) < 4.78 is 1.85. The molecular weight excluding hydrogens is 360 g/mol. The van der Waals surface area contributed by atoms with Crippen LogP contribution in [0.5, 0.6) is 5.88 Å². The fraction of sp³-hybridized carbons (Fsp3) is 0.294. The fourth-order valence-electron chi connectivity index (χ4n) is 2.97. The van der Waals surface area contributed by atoms with Gasteiger partial charge in [-0.25, -0.2) is 9.80 Å². The second-order valence-electron chi connectivity index (χ2n) is 5.95. The third-order valence-electron chi connectivity index (χ3n) is 4.39. The summed E-state index contributed by atoms with van der Waals surface area (Å²) in [6.07, 6.45) is 0.216. The van der Waals surface area contributed by atoms with Crippen LogP contribution in [0.25, 0.3) is 0 Å². The molecule has 1 aromatic heterocycles. The molecule has 2 heterocycles. The Bertz CT molecular complexity index is 1010. The van der Waals surface area contributed by atoms with Gasteiger partial charge in [0.1, 0.15) is 11.4 Å². The maximum Gasteiger partial charge on any atom is 0.333 e. The molecule has 1 N–H and O–H groups in total. The number of aromatic nitrogens is 2. The number of carbonyl (C=O) groups excluding carboxylic acids is 1. The van der Waals surface area contributed by atoms with Crippen LogP contribution in [0.2, 0.25) is 0 Å². The molecule has 9 heteroatoms. The number of carbonyl (C=O) groups is 1. The van der Waals surface area contributed by atoms with Gasteiger partial charge in [-0.3, -0.25) is 18.7 Å². The zero-order valence-electron chi connectivity index (χ0n) is 14.2. The van der Waals surface area contributed by atoms with Crippen molar-refractivity contribution in [2.24, 2.45) is 19.2 Å². The molecule has 1 aromatic carbocycles. The first-order valence-corrected chi connectivity index (χ1v) is 8.40. The molecule has 136 valence electrons. The molecule has 2 aromatic rings. The van der Waals surface area contributed by atoms with Crippen LogP contribution in [0.4, 0.5) is 0 Å². The molecule has 3 rings (SSSR count). The zero-order valence-corrected chi connectivity index (χ0v) is 15.0. The minimum absolute atomic E-state index is 0.0968. The lowest BCUT2D eigenvalue weighted by Gasteiger charge is -2.21. The van der Waals surface area contributed by atoms with Crippen molar-refractivity contribution in [2.75, 3.05) is 5.88 Å². The van der Waals surface area contributed by atoms with E-state index in [2.05, 4.69) is 5.10 Å². The summed E-state index contributed by atoms with van der Waals surface area (Å²) in [5.74, 6) is -1.17. The minimum Gasteiger partial charge on any atom is -0.494 e. The van der Waals surface area contributed by atoms with E-state index in [4.69, 9.17) is 11.6 Å². The van der Waals surface area contributed by atoms with E-state index in [0.29, 0.717) is 0 Å². The minimum atomic E-state index is -0.670. The Morgan fingerprint density at radius 3 is 2.50 bits per heavy atom. The Labute approximate surface area is 153 Å². The Hall–Kier alpha value is -2.87. The SMILES string of the molecule is Cn1c(O)c(C2=NN(C(=O)CCl)[C@@H](c3ccccc3)C2)c(=O)n(C)c1=O. The number of nitrogens with zero attached hydrogens (tertiary/aromatic N) is 4. The molecule has 1 amide bonds. The van der Waals surface area contributed by atoms with Crippen LogP contribution in [0.15, 0.2) is 45.0 Å². The normalized spacial score (nSPS) is 16.7. The average molecular weight is 377 g/mol. The highest BCUT2D eigenvalue weighted by Gasteiger charge is 2.35. The first-order valence-electron chi connectivity index (χ1n) is 7.86. The third-order valence-corrected chi connectivity index (χ3v) is 4.62. The molecule has 0 bridgehead atoms. The van der Waals surface area contributed by atoms with Crippen molar-refractivity contribution in [2.45, 2.75) is 12.5 Å². The van der Waals surface area contributed by atoms with Crippen molar-refractivity contribution in [3.63, 3.8) is 0 Å². The first-order chi connectivity index (χ1) is 12.4. The van der Waals surface area contributed by atoms with Crippen molar-refractivity contribution >= 4 is 23.2 Å². The summed E-state index contributed by atoms with van der Waals surface area (Å²) in [6.45, 7) is 0. The van der Waals surface area contributed by atoms with Gasteiger partial charge < -0.3 is 5.11 Å². The van der Waals surface area contributed by atoms with Gasteiger partial charge in [0, 0.05) is 20.5 Å². The van der Waals surface area contributed by atoms with E-state index in [1.165, 1.54) is 19.1 Å². The van der Waals surface area contributed by atoms with Crippen LogP contribution in [0, 0.1) is 0 Å². The Kier molecular flexibility index (Phi) is 4.69. The topological polar surface area (TPSA) is 96.9 Å². The van der Waals surface area contributed by atoms with E-state index in [9.17, 15) is 19.5 Å². The van der Waals surface area contributed by atoms with Crippen LogP contribution >= 0.6 is 11.6 Å². The average Bonchev–Trinajstić information content (AvgIpc) is 3.10. The predicted octanol–water partition coefficient (Wildman–Crippen LogP) is 0.706. The molecule has 26 heavy (non-hydrogen) atoms. The number of aromatic hydroxyl groups is 1. The summed E-state index contributed by atoms with van der Waals surface area (Å²) >= 11 is 5.69. The van der Waals surface area contributed by atoms with Gasteiger partial charge in [-0.05, 0) is 5.56 Å². The maximum atomic E-state index is 12.5. The smallest absolute Gasteiger partial charge is 0.333 e. The first kappa shape index (κ1) is 17.9. The molecule has 0 unspecified atom stereocenters. The van der Waals surface area contributed by atoms with Gasteiger partial charge in [-0.2, -0.15) is 5.10 Å². The molecular formula is C17H17ClN4O4. The highest BCUT2D eigenvalue weighted by molar-refractivity contribution is 6.27. The van der Waals surface area contributed by atoms with Crippen LogP contribution in [-0.2, 0) is 18.9 Å². The molecule has 0 aliphatic carbocycles. The number of halogens is 1. The molecule has 8 nitrogen and oxygen atoms in total.